The molecule has 0 bridgehead atoms. The molecule has 5 nitrogen and oxygen atoms in total. The third kappa shape index (κ3) is 2.70. The van der Waals surface area contributed by atoms with Crippen LogP contribution in [-0.4, -0.2) is 47.4 Å². The van der Waals surface area contributed by atoms with Crippen LogP contribution in [0.3, 0.4) is 0 Å². The fourth-order valence-corrected chi connectivity index (χ4v) is 2.71. The van der Waals surface area contributed by atoms with Crippen LogP contribution in [0, 0.1) is 5.82 Å². The predicted octanol–water partition coefficient (Wildman–Crippen LogP) is 0.859. The zero-order chi connectivity index (χ0) is 15.0. The zero-order valence-electron chi connectivity index (χ0n) is 11.7. The van der Waals surface area contributed by atoms with Gasteiger partial charge in [-0.3, -0.25) is 9.69 Å². The monoisotopic (exact) mass is 292 g/mol. The Balaban J connectivity index is 1.91. The molecular weight excluding hydrogens is 275 g/mol. The Bertz CT molecular complexity index is 716. The minimum absolute atomic E-state index is 0.121. The third-order valence-corrected chi connectivity index (χ3v) is 3.88. The third-order valence-electron chi connectivity index (χ3n) is 3.88. The highest BCUT2D eigenvalue weighted by Crippen LogP contribution is 2.16. The van der Waals surface area contributed by atoms with E-state index in [1.54, 1.807) is 6.07 Å². The molecule has 1 saturated heterocycles. The minimum atomic E-state index is -0.543. The van der Waals surface area contributed by atoms with Crippen molar-refractivity contribution in [2.75, 3.05) is 20.3 Å². The second kappa shape index (κ2) is 5.55. The van der Waals surface area contributed by atoms with Gasteiger partial charge in [0.15, 0.2) is 5.43 Å². The normalized spacial score (nSPS) is 22.3. The van der Waals surface area contributed by atoms with Crippen molar-refractivity contribution in [2.24, 2.45) is 0 Å². The Morgan fingerprint density at radius 2 is 2.29 bits per heavy atom. The Kier molecular flexibility index (Phi) is 3.75. The highest BCUT2D eigenvalue weighted by atomic mass is 19.1. The molecule has 2 atom stereocenters. The van der Waals surface area contributed by atoms with Crippen molar-refractivity contribution >= 4 is 10.9 Å². The number of aromatic amines is 1. The molecule has 1 aliphatic rings. The summed E-state index contributed by atoms with van der Waals surface area (Å²) in [5.41, 5.74) is 0.616. The first-order valence-corrected chi connectivity index (χ1v) is 6.83. The van der Waals surface area contributed by atoms with Crippen LogP contribution in [0.15, 0.2) is 29.1 Å². The van der Waals surface area contributed by atoms with Crippen molar-refractivity contribution in [3.8, 4) is 0 Å². The van der Waals surface area contributed by atoms with Gasteiger partial charge in [0.05, 0.1) is 30.9 Å². The maximum atomic E-state index is 13.8. The number of fused-ring (bicyclic) bond motifs is 1. The highest BCUT2D eigenvalue weighted by molar-refractivity contribution is 5.78. The molecule has 2 N–H and O–H groups in total. The van der Waals surface area contributed by atoms with Crippen molar-refractivity contribution in [1.29, 1.82) is 0 Å². The molecule has 1 aliphatic heterocycles. The number of aliphatic hydroxyl groups is 1. The van der Waals surface area contributed by atoms with Gasteiger partial charge >= 0.3 is 0 Å². The maximum absolute atomic E-state index is 13.8. The summed E-state index contributed by atoms with van der Waals surface area (Å²) in [5.74, 6) is -0.446. The summed E-state index contributed by atoms with van der Waals surface area (Å²) in [6, 6.07) is 5.79. The summed E-state index contributed by atoms with van der Waals surface area (Å²) in [4.78, 5) is 16.9. The molecular formula is C15H17FN2O3. The molecule has 21 heavy (non-hydrogen) atoms. The van der Waals surface area contributed by atoms with E-state index < -0.39 is 11.9 Å². The van der Waals surface area contributed by atoms with Crippen molar-refractivity contribution in [3.63, 3.8) is 0 Å². The largest absolute Gasteiger partial charge is 0.389 e. The van der Waals surface area contributed by atoms with Gasteiger partial charge in [-0.1, -0.05) is 6.07 Å². The summed E-state index contributed by atoms with van der Waals surface area (Å²) in [6.45, 7) is 1.17. The van der Waals surface area contributed by atoms with Crippen molar-refractivity contribution in [2.45, 2.75) is 18.7 Å². The lowest BCUT2D eigenvalue weighted by atomic mass is 10.1. The van der Waals surface area contributed by atoms with Gasteiger partial charge < -0.3 is 14.8 Å². The van der Waals surface area contributed by atoms with E-state index >= 15 is 0 Å². The molecule has 0 radical (unpaired) electrons. The van der Waals surface area contributed by atoms with E-state index in [0.29, 0.717) is 30.8 Å². The first-order valence-electron chi connectivity index (χ1n) is 6.83. The van der Waals surface area contributed by atoms with E-state index in [1.807, 2.05) is 11.9 Å². The van der Waals surface area contributed by atoms with Gasteiger partial charge in [-0.25, -0.2) is 4.39 Å². The number of rotatable bonds is 3. The molecule has 1 aromatic carbocycles. The Morgan fingerprint density at radius 3 is 3.00 bits per heavy atom. The number of aromatic nitrogens is 1. The molecule has 0 saturated carbocycles. The lowest BCUT2D eigenvalue weighted by molar-refractivity contribution is 0.0920. The SMILES string of the molecule is CN(Cc1cc(=O)c2cccc(F)c2[nH]1)[C@H]1COC[C@@H]1O. The molecule has 2 heterocycles. The molecule has 2 aromatic rings. The van der Waals surface area contributed by atoms with Crippen LogP contribution in [0.25, 0.3) is 10.9 Å². The van der Waals surface area contributed by atoms with E-state index in [-0.39, 0.29) is 17.0 Å². The number of H-pyrrole nitrogens is 1. The topological polar surface area (TPSA) is 65.6 Å². The Labute approximate surface area is 121 Å². The van der Waals surface area contributed by atoms with Gasteiger partial charge in [0.1, 0.15) is 5.82 Å². The lowest BCUT2D eigenvalue weighted by Gasteiger charge is -2.25. The highest BCUT2D eigenvalue weighted by Gasteiger charge is 2.29. The van der Waals surface area contributed by atoms with E-state index in [9.17, 15) is 14.3 Å². The summed E-state index contributed by atoms with van der Waals surface area (Å²) < 4.78 is 19.0. The number of pyridine rings is 1. The number of aliphatic hydroxyl groups excluding tert-OH is 1. The summed E-state index contributed by atoms with van der Waals surface area (Å²) in [6.07, 6.45) is -0.543. The lowest BCUT2D eigenvalue weighted by Crippen LogP contribution is -2.40. The number of halogens is 1. The van der Waals surface area contributed by atoms with Crippen LogP contribution in [-0.2, 0) is 11.3 Å². The van der Waals surface area contributed by atoms with Gasteiger partial charge in [-0.2, -0.15) is 0 Å². The number of hydrogen-bond donors (Lipinski definition) is 2. The van der Waals surface area contributed by atoms with Gasteiger partial charge in [0.25, 0.3) is 0 Å². The summed E-state index contributed by atoms with van der Waals surface area (Å²) >= 11 is 0. The van der Waals surface area contributed by atoms with Crippen LogP contribution >= 0.6 is 0 Å². The number of benzene rings is 1. The molecule has 1 aromatic heterocycles. The molecule has 0 amide bonds. The van der Waals surface area contributed by atoms with E-state index in [0.717, 1.165) is 0 Å². The van der Waals surface area contributed by atoms with Crippen LogP contribution < -0.4 is 5.43 Å². The average Bonchev–Trinajstić information content (AvgIpc) is 2.86. The predicted molar refractivity (Wildman–Crippen MR) is 76.6 cm³/mol. The van der Waals surface area contributed by atoms with Crippen molar-refractivity contribution in [3.05, 3.63) is 46.0 Å². The number of nitrogens with one attached hydrogen (secondary N) is 1. The molecule has 0 aliphatic carbocycles. The number of hydrogen-bond acceptors (Lipinski definition) is 4. The van der Waals surface area contributed by atoms with Gasteiger partial charge in [-0.05, 0) is 19.2 Å². The van der Waals surface area contributed by atoms with Crippen LogP contribution in [0.5, 0.6) is 0 Å². The Hall–Kier alpha value is -1.76. The van der Waals surface area contributed by atoms with Crippen molar-refractivity contribution in [1.82, 2.24) is 9.88 Å². The molecule has 6 heteroatoms. The smallest absolute Gasteiger partial charge is 0.189 e. The molecule has 112 valence electrons. The maximum Gasteiger partial charge on any atom is 0.189 e. The Morgan fingerprint density at radius 1 is 1.48 bits per heavy atom. The first kappa shape index (κ1) is 14.2. The van der Waals surface area contributed by atoms with E-state index in [2.05, 4.69) is 4.98 Å². The second-order valence-electron chi connectivity index (χ2n) is 5.41. The first-order chi connectivity index (χ1) is 10.1. The number of nitrogens with zero attached hydrogens (tertiary/aromatic N) is 1. The molecule has 3 rings (SSSR count). The van der Waals surface area contributed by atoms with Gasteiger partial charge in [-0.15, -0.1) is 0 Å². The van der Waals surface area contributed by atoms with Crippen LogP contribution in [0.1, 0.15) is 5.69 Å². The van der Waals surface area contributed by atoms with Gasteiger partial charge in [0.2, 0.25) is 0 Å². The van der Waals surface area contributed by atoms with E-state index in [1.165, 1.54) is 18.2 Å². The summed E-state index contributed by atoms with van der Waals surface area (Å²) in [7, 11) is 1.84. The molecule has 0 unspecified atom stereocenters. The standard InChI is InChI=1S/C15H17FN2O3/c1-18(12-7-21-8-14(12)20)6-9-5-13(19)10-3-2-4-11(16)15(10)17-9/h2-5,12,14,20H,6-8H2,1H3,(H,17,19)/t12-,14-/m0/s1. The van der Waals surface area contributed by atoms with Crippen molar-refractivity contribution < 1.29 is 14.2 Å². The number of ether oxygens (including phenoxy) is 1. The number of para-hydroxylation sites is 1. The fourth-order valence-electron chi connectivity index (χ4n) is 2.71. The fraction of sp³-hybridized carbons (Fsp3) is 0.400. The quantitative estimate of drug-likeness (QED) is 0.880. The van der Waals surface area contributed by atoms with Gasteiger partial charge in [0, 0.05) is 23.7 Å². The number of likely N-dealkylation sites (N-methyl/N-ethyl adjacent to an activating group) is 1. The molecule has 0 spiro atoms. The summed E-state index contributed by atoms with van der Waals surface area (Å²) in [5, 5.41) is 10.1. The zero-order valence-corrected chi connectivity index (χ0v) is 11.7. The van der Waals surface area contributed by atoms with Crippen LogP contribution in [0.2, 0.25) is 0 Å². The second-order valence-corrected chi connectivity index (χ2v) is 5.41. The average molecular weight is 292 g/mol. The van der Waals surface area contributed by atoms with E-state index in [4.69, 9.17) is 4.74 Å². The van der Waals surface area contributed by atoms with Crippen LogP contribution in [0.4, 0.5) is 4.39 Å². The minimum Gasteiger partial charge on any atom is -0.389 e. The molecule has 1 fully saturated rings.